The second-order valence-corrected chi connectivity index (χ2v) is 7.22. The first kappa shape index (κ1) is 19.8. The monoisotopic (exact) mass is 396 g/mol. The molecule has 3 N–H and O–H groups in total. The fourth-order valence-corrected chi connectivity index (χ4v) is 3.88. The average Bonchev–Trinajstić information content (AvgIpc) is 3.10. The zero-order valence-electron chi connectivity index (χ0n) is 16.7. The number of alkyl carbamates (subject to hydrolysis) is 1. The van der Waals surface area contributed by atoms with Gasteiger partial charge in [0.15, 0.2) is 0 Å². The second kappa shape index (κ2) is 9.30. The molecule has 0 saturated heterocycles. The van der Waals surface area contributed by atoms with E-state index in [1.165, 1.54) is 22.3 Å². The van der Waals surface area contributed by atoms with Crippen LogP contribution < -0.4 is 11.1 Å². The number of carbonyl (C=O) groups excluding carboxylic acids is 1. The van der Waals surface area contributed by atoms with Gasteiger partial charge in [-0.3, -0.25) is 0 Å². The topological polar surface area (TPSA) is 64.3 Å². The Balaban J connectivity index is 1.33. The summed E-state index contributed by atoms with van der Waals surface area (Å²) in [4.78, 5) is 12.2. The second-order valence-electron chi connectivity index (χ2n) is 7.22. The maximum Gasteiger partial charge on any atom is 0.407 e. The Morgan fingerprint density at radius 2 is 1.67 bits per heavy atom. The molecule has 1 amide bonds. The number of rotatable bonds is 5. The van der Waals surface area contributed by atoms with Crippen molar-refractivity contribution in [1.82, 2.24) is 5.32 Å². The van der Waals surface area contributed by atoms with Crippen LogP contribution in [0.1, 0.15) is 28.2 Å². The van der Waals surface area contributed by atoms with E-state index >= 15 is 0 Å². The molecule has 4 heteroatoms. The molecule has 0 fully saturated rings. The van der Waals surface area contributed by atoms with Crippen molar-refractivity contribution in [2.75, 3.05) is 19.7 Å². The van der Waals surface area contributed by atoms with Gasteiger partial charge in [0.2, 0.25) is 0 Å². The van der Waals surface area contributed by atoms with Gasteiger partial charge >= 0.3 is 6.09 Å². The lowest BCUT2D eigenvalue weighted by molar-refractivity contribution is 0.144. The van der Waals surface area contributed by atoms with Gasteiger partial charge in [-0.05, 0) is 52.9 Å². The number of benzene rings is 3. The number of nitrogens with one attached hydrogen (secondary N) is 1. The third kappa shape index (κ3) is 4.37. The molecule has 30 heavy (non-hydrogen) atoms. The Morgan fingerprint density at radius 3 is 2.37 bits per heavy atom. The molecule has 4 nitrogen and oxygen atoms in total. The molecular formula is C26H24N2O2. The Hall–Kier alpha value is -3.55. The van der Waals surface area contributed by atoms with Crippen LogP contribution in [0.2, 0.25) is 0 Å². The van der Waals surface area contributed by atoms with Gasteiger partial charge in [-0.25, -0.2) is 4.79 Å². The molecule has 3 aromatic carbocycles. The van der Waals surface area contributed by atoms with Crippen molar-refractivity contribution < 1.29 is 9.53 Å². The maximum atomic E-state index is 12.2. The lowest BCUT2D eigenvalue weighted by Gasteiger charge is -2.14. The van der Waals surface area contributed by atoms with E-state index in [4.69, 9.17) is 10.5 Å². The molecule has 0 unspecified atom stereocenters. The minimum atomic E-state index is -0.456. The third-order valence-electron chi connectivity index (χ3n) is 5.26. The minimum Gasteiger partial charge on any atom is -0.449 e. The van der Waals surface area contributed by atoms with Crippen molar-refractivity contribution in [3.05, 3.63) is 95.1 Å². The minimum absolute atomic E-state index is 0.0551. The van der Waals surface area contributed by atoms with E-state index in [0.29, 0.717) is 13.2 Å². The number of fused-ring (bicyclic) bond motifs is 3. The number of ether oxygens (including phenoxy) is 1. The van der Waals surface area contributed by atoms with Crippen LogP contribution in [0, 0.1) is 11.8 Å². The highest BCUT2D eigenvalue weighted by Crippen LogP contribution is 2.44. The summed E-state index contributed by atoms with van der Waals surface area (Å²) in [6, 6.07) is 24.5. The Morgan fingerprint density at radius 1 is 0.967 bits per heavy atom. The van der Waals surface area contributed by atoms with Crippen molar-refractivity contribution in [1.29, 1.82) is 0 Å². The summed E-state index contributed by atoms with van der Waals surface area (Å²) in [5.74, 6) is 6.08. The molecule has 1 aliphatic rings. The first-order valence-electron chi connectivity index (χ1n) is 10.1. The van der Waals surface area contributed by atoms with E-state index < -0.39 is 6.09 Å². The highest BCUT2D eigenvalue weighted by atomic mass is 16.5. The molecule has 0 radical (unpaired) electrons. The summed E-state index contributed by atoms with van der Waals surface area (Å²) >= 11 is 0. The van der Waals surface area contributed by atoms with Crippen LogP contribution in [0.15, 0.2) is 72.8 Å². The Labute approximate surface area is 177 Å². The van der Waals surface area contributed by atoms with E-state index in [9.17, 15) is 4.79 Å². The third-order valence-corrected chi connectivity index (χ3v) is 5.26. The first-order chi connectivity index (χ1) is 14.8. The number of amides is 1. The molecule has 0 bridgehead atoms. The van der Waals surface area contributed by atoms with Crippen LogP contribution in [0.25, 0.3) is 11.1 Å². The van der Waals surface area contributed by atoms with Crippen molar-refractivity contribution in [3.63, 3.8) is 0 Å². The molecular weight excluding hydrogens is 372 g/mol. The highest BCUT2D eigenvalue weighted by Gasteiger charge is 2.28. The summed E-state index contributed by atoms with van der Waals surface area (Å²) in [6.45, 7) is 1.15. The van der Waals surface area contributed by atoms with Crippen molar-refractivity contribution in [3.8, 4) is 23.0 Å². The lowest BCUT2D eigenvalue weighted by Crippen LogP contribution is -2.26. The number of hydrogen-bond acceptors (Lipinski definition) is 3. The molecule has 0 aromatic heterocycles. The quantitative estimate of drug-likeness (QED) is 0.639. The van der Waals surface area contributed by atoms with E-state index in [1.807, 2.05) is 48.5 Å². The lowest BCUT2D eigenvalue weighted by atomic mass is 9.98. The zero-order valence-corrected chi connectivity index (χ0v) is 16.7. The molecule has 4 rings (SSSR count). The highest BCUT2D eigenvalue weighted by molar-refractivity contribution is 5.79. The van der Waals surface area contributed by atoms with Gasteiger partial charge in [0.05, 0.1) is 6.54 Å². The van der Waals surface area contributed by atoms with Crippen LogP contribution in [0.3, 0.4) is 0 Å². The molecule has 0 atom stereocenters. The number of nitrogens with two attached hydrogens (primary N) is 1. The summed E-state index contributed by atoms with van der Waals surface area (Å²) < 4.78 is 5.51. The summed E-state index contributed by atoms with van der Waals surface area (Å²) in [6.07, 6.45) is 0.371. The Bertz CT molecular complexity index is 1070. The van der Waals surface area contributed by atoms with Crippen LogP contribution in [-0.2, 0) is 11.2 Å². The summed E-state index contributed by atoms with van der Waals surface area (Å²) in [7, 11) is 0. The first-order valence-corrected chi connectivity index (χ1v) is 10.1. The van der Waals surface area contributed by atoms with E-state index in [2.05, 4.69) is 41.4 Å². The van der Waals surface area contributed by atoms with Crippen molar-refractivity contribution >= 4 is 6.09 Å². The van der Waals surface area contributed by atoms with Crippen LogP contribution in [0.5, 0.6) is 0 Å². The zero-order chi connectivity index (χ0) is 20.8. The van der Waals surface area contributed by atoms with Gasteiger partial charge in [-0.15, -0.1) is 0 Å². The van der Waals surface area contributed by atoms with Crippen LogP contribution in [-0.4, -0.2) is 25.8 Å². The van der Waals surface area contributed by atoms with E-state index in [-0.39, 0.29) is 12.5 Å². The van der Waals surface area contributed by atoms with Crippen molar-refractivity contribution in [2.45, 2.75) is 12.3 Å². The molecule has 1 aliphatic carbocycles. The molecule has 0 spiro atoms. The summed E-state index contributed by atoms with van der Waals surface area (Å²) in [5.41, 5.74) is 12.5. The predicted octanol–water partition coefficient (Wildman–Crippen LogP) is 4.08. The smallest absolute Gasteiger partial charge is 0.407 e. The fraction of sp³-hybridized carbons (Fsp3) is 0.192. The number of carbonyl (C=O) groups is 1. The normalized spacial score (nSPS) is 11.8. The fourth-order valence-electron chi connectivity index (χ4n) is 3.88. The maximum absolute atomic E-state index is 12.2. The van der Waals surface area contributed by atoms with Gasteiger partial charge in [-0.2, -0.15) is 0 Å². The standard InChI is InChI=1S/C26H24N2O2/c27-15-14-20-8-5-7-19(17-20)9-6-16-28-26(29)30-18-25-23-12-3-1-10-21(23)22-11-2-4-13-24(22)25/h1-5,7-8,10-13,17,25H,14-16,18,27H2,(H,28,29). The SMILES string of the molecule is NCCc1cccc(C#CCNC(=O)OCC2c3ccccc3-c3ccccc32)c1. The van der Waals surface area contributed by atoms with Crippen LogP contribution in [0.4, 0.5) is 4.79 Å². The summed E-state index contributed by atoms with van der Waals surface area (Å²) in [5, 5.41) is 2.71. The number of hydrogen-bond donors (Lipinski definition) is 2. The Kier molecular flexibility index (Phi) is 6.12. The van der Waals surface area contributed by atoms with E-state index in [0.717, 1.165) is 17.5 Å². The van der Waals surface area contributed by atoms with Gasteiger partial charge in [0.1, 0.15) is 6.61 Å². The predicted molar refractivity (Wildman–Crippen MR) is 119 cm³/mol. The van der Waals surface area contributed by atoms with Gasteiger partial charge in [-0.1, -0.05) is 72.5 Å². The van der Waals surface area contributed by atoms with Gasteiger partial charge in [0.25, 0.3) is 0 Å². The van der Waals surface area contributed by atoms with Crippen LogP contribution >= 0.6 is 0 Å². The van der Waals surface area contributed by atoms with E-state index in [1.54, 1.807) is 0 Å². The average molecular weight is 396 g/mol. The molecule has 0 saturated carbocycles. The van der Waals surface area contributed by atoms with Gasteiger partial charge < -0.3 is 15.8 Å². The molecule has 0 aliphatic heterocycles. The molecule has 0 heterocycles. The largest absolute Gasteiger partial charge is 0.449 e. The van der Waals surface area contributed by atoms with Crippen molar-refractivity contribution in [2.24, 2.45) is 5.73 Å². The van der Waals surface area contributed by atoms with Gasteiger partial charge in [0, 0.05) is 11.5 Å². The molecule has 3 aromatic rings. The molecule has 150 valence electrons.